The second-order valence-corrected chi connectivity index (χ2v) is 8.65. The molecule has 0 saturated carbocycles. The number of halogens is 1. The number of sulfonamides is 1. The van der Waals surface area contributed by atoms with Crippen molar-refractivity contribution in [2.45, 2.75) is 30.2 Å². The summed E-state index contributed by atoms with van der Waals surface area (Å²) in [5.74, 6) is -2.27. The molecule has 10 heteroatoms. The SMILES string of the molecule is CC1C(CC(=O)O)c2cc(F)ccc2N1S(=O)(=O)c1cccc2nsnc12. The van der Waals surface area contributed by atoms with Gasteiger partial charge in [-0.15, -0.1) is 0 Å². The molecule has 0 saturated heterocycles. The zero-order valence-corrected chi connectivity index (χ0v) is 15.7. The van der Waals surface area contributed by atoms with Gasteiger partial charge in [-0.05, 0) is 42.8 Å². The van der Waals surface area contributed by atoms with Gasteiger partial charge in [0.05, 0.1) is 29.9 Å². The van der Waals surface area contributed by atoms with Crippen molar-refractivity contribution in [2.75, 3.05) is 4.31 Å². The van der Waals surface area contributed by atoms with E-state index in [1.165, 1.54) is 28.6 Å². The normalized spacial score (nSPS) is 19.4. The number of benzene rings is 2. The van der Waals surface area contributed by atoms with Crippen LogP contribution in [0.3, 0.4) is 0 Å². The maximum atomic E-state index is 13.8. The van der Waals surface area contributed by atoms with Gasteiger partial charge in [0.1, 0.15) is 21.7 Å². The van der Waals surface area contributed by atoms with E-state index in [0.717, 1.165) is 11.7 Å². The Hall–Kier alpha value is -2.59. The van der Waals surface area contributed by atoms with Crippen LogP contribution in [0.4, 0.5) is 10.1 Å². The molecule has 0 aliphatic carbocycles. The molecule has 2 unspecified atom stereocenters. The largest absolute Gasteiger partial charge is 0.481 e. The highest BCUT2D eigenvalue weighted by atomic mass is 32.2. The predicted molar refractivity (Wildman–Crippen MR) is 97.9 cm³/mol. The van der Waals surface area contributed by atoms with Crippen LogP contribution in [0.1, 0.15) is 24.8 Å². The van der Waals surface area contributed by atoms with Crippen molar-refractivity contribution in [3.8, 4) is 0 Å². The van der Waals surface area contributed by atoms with Gasteiger partial charge < -0.3 is 5.11 Å². The number of carboxylic acids is 1. The number of carboxylic acid groups (broad SMARTS) is 1. The molecule has 4 rings (SSSR count). The smallest absolute Gasteiger partial charge is 0.304 e. The summed E-state index contributed by atoms with van der Waals surface area (Å²) in [4.78, 5) is 11.3. The molecule has 0 fully saturated rings. The minimum Gasteiger partial charge on any atom is -0.481 e. The van der Waals surface area contributed by atoms with E-state index in [-0.39, 0.29) is 22.5 Å². The third-order valence-electron chi connectivity index (χ3n) is 4.76. The standard InChI is InChI=1S/C17H14FN3O4S2/c1-9-11(8-16(22)23)12-7-10(18)5-6-14(12)21(9)27(24,25)15-4-2-3-13-17(15)20-26-19-13/h2-7,9,11H,8H2,1H3,(H,22,23). The van der Waals surface area contributed by atoms with E-state index in [0.29, 0.717) is 11.1 Å². The molecule has 3 aromatic rings. The average molecular weight is 407 g/mol. The molecule has 2 aromatic carbocycles. The van der Waals surface area contributed by atoms with Gasteiger partial charge in [-0.25, -0.2) is 12.8 Å². The number of rotatable bonds is 4. The Balaban J connectivity index is 1.91. The number of carbonyl (C=O) groups is 1. The first-order valence-corrected chi connectivity index (χ1v) is 10.2. The van der Waals surface area contributed by atoms with Crippen LogP contribution in [0, 0.1) is 5.82 Å². The summed E-state index contributed by atoms with van der Waals surface area (Å²) in [6, 6.07) is 7.76. The predicted octanol–water partition coefficient (Wildman–Crippen LogP) is 2.99. The second-order valence-electron chi connectivity index (χ2n) is 6.34. The fourth-order valence-corrected chi connectivity index (χ4v) is 6.05. The number of fused-ring (bicyclic) bond motifs is 2. The van der Waals surface area contributed by atoms with Gasteiger partial charge >= 0.3 is 5.97 Å². The molecule has 1 aliphatic heterocycles. The first-order chi connectivity index (χ1) is 12.8. The Labute approximate surface area is 158 Å². The Kier molecular flexibility index (Phi) is 4.11. The Morgan fingerprint density at radius 2 is 2.07 bits per heavy atom. The van der Waals surface area contributed by atoms with Crippen molar-refractivity contribution in [3.05, 3.63) is 47.8 Å². The zero-order chi connectivity index (χ0) is 19.3. The van der Waals surface area contributed by atoms with Crippen molar-refractivity contribution in [3.63, 3.8) is 0 Å². The Bertz CT molecular complexity index is 1160. The molecule has 0 radical (unpaired) electrons. The molecule has 1 aromatic heterocycles. The topological polar surface area (TPSA) is 100 Å². The minimum atomic E-state index is -4.06. The van der Waals surface area contributed by atoms with Crippen LogP contribution in [0.5, 0.6) is 0 Å². The zero-order valence-electron chi connectivity index (χ0n) is 14.0. The van der Waals surface area contributed by atoms with Crippen molar-refractivity contribution < 1.29 is 22.7 Å². The lowest BCUT2D eigenvalue weighted by Crippen LogP contribution is -2.37. The number of aliphatic carboxylic acids is 1. The maximum absolute atomic E-state index is 13.8. The highest BCUT2D eigenvalue weighted by Gasteiger charge is 2.44. The quantitative estimate of drug-likeness (QED) is 0.714. The summed E-state index contributed by atoms with van der Waals surface area (Å²) in [6.45, 7) is 1.63. The van der Waals surface area contributed by atoms with E-state index in [9.17, 15) is 22.7 Å². The van der Waals surface area contributed by atoms with Crippen molar-refractivity contribution in [1.29, 1.82) is 0 Å². The molecule has 2 heterocycles. The molecule has 1 aliphatic rings. The lowest BCUT2D eigenvalue weighted by molar-refractivity contribution is -0.137. The molecular formula is C17H14FN3O4S2. The minimum absolute atomic E-state index is 0.00755. The number of hydrogen-bond donors (Lipinski definition) is 1. The third-order valence-corrected chi connectivity index (χ3v) is 7.23. The fourth-order valence-electron chi connectivity index (χ4n) is 3.58. The van der Waals surface area contributed by atoms with Crippen LogP contribution < -0.4 is 4.31 Å². The van der Waals surface area contributed by atoms with E-state index in [1.807, 2.05) is 0 Å². The number of anilines is 1. The lowest BCUT2D eigenvalue weighted by atomic mass is 9.93. The Morgan fingerprint density at radius 3 is 2.81 bits per heavy atom. The van der Waals surface area contributed by atoms with E-state index in [1.54, 1.807) is 19.1 Å². The highest BCUT2D eigenvalue weighted by molar-refractivity contribution is 7.93. The number of aromatic nitrogens is 2. The molecule has 27 heavy (non-hydrogen) atoms. The van der Waals surface area contributed by atoms with Crippen LogP contribution in [0.25, 0.3) is 11.0 Å². The summed E-state index contributed by atoms with van der Waals surface area (Å²) in [5.41, 5.74) is 1.39. The molecule has 0 spiro atoms. The first-order valence-electron chi connectivity index (χ1n) is 8.07. The molecular weight excluding hydrogens is 393 g/mol. The lowest BCUT2D eigenvalue weighted by Gasteiger charge is -2.26. The summed E-state index contributed by atoms with van der Waals surface area (Å²) in [6.07, 6.45) is -0.300. The van der Waals surface area contributed by atoms with Crippen LogP contribution >= 0.6 is 11.7 Å². The monoisotopic (exact) mass is 407 g/mol. The van der Waals surface area contributed by atoms with Gasteiger partial charge in [-0.2, -0.15) is 8.75 Å². The van der Waals surface area contributed by atoms with Gasteiger partial charge in [-0.3, -0.25) is 9.10 Å². The van der Waals surface area contributed by atoms with Crippen molar-refractivity contribution in [2.24, 2.45) is 0 Å². The average Bonchev–Trinajstić information content (AvgIpc) is 3.18. The van der Waals surface area contributed by atoms with Crippen LogP contribution in [-0.4, -0.2) is 34.3 Å². The Morgan fingerprint density at radius 1 is 1.30 bits per heavy atom. The van der Waals surface area contributed by atoms with Gasteiger partial charge in [0.2, 0.25) is 0 Å². The molecule has 0 bridgehead atoms. The fraction of sp³-hybridized carbons (Fsp3) is 0.235. The third kappa shape index (κ3) is 2.76. The molecule has 1 N–H and O–H groups in total. The van der Waals surface area contributed by atoms with Crippen molar-refractivity contribution in [1.82, 2.24) is 8.75 Å². The molecule has 140 valence electrons. The van der Waals surface area contributed by atoms with Crippen molar-refractivity contribution >= 4 is 44.4 Å². The number of hydrogen-bond acceptors (Lipinski definition) is 6. The second kappa shape index (κ2) is 6.24. The van der Waals surface area contributed by atoms with Gasteiger partial charge in [-0.1, -0.05) is 6.07 Å². The first kappa shape index (κ1) is 17.8. The van der Waals surface area contributed by atoms with E-state index in [2.05, 4.69) is 8.75 Å². The number of nitrogens with zero attached hydrogens (tertiary/aromatic N) is 3. The van der Waals surface area contributed by atoms with Crippen LogP contribution in [0.2, 0.25) is 0 Å². The highest BCUT2D eigenvalue weighted by Crippen LogP contribution is 2.46. The molecule has 0 amide bonds. The molecule has 2 atom stereocenters. The molecule has 7 nitrogen and oxygen atoms in total. The summed E-state index contributed by atoms with van der Waals surface area (Å²) in [7, 11) is -4.06. The van der Waals surface area contributed by atoms with Crippen LogP contribution in [0.15, 0.2) is 41.3 Å². The van der Waals surface area contributed by atoms with Gasteiger partial charge in [0.25, 0.3) is 10.0 Å². The van der Waals surface area contributed by atoms with E-state index in [4.69, 9.17) is 0 Å². The summed E-state index contributed by atoms with van der Waals surface area (Å²) < 4.78 is 50.0. The van der Waals surface area contributed by atoms with E-state index >= 15 is 0 Å². The summed E-state index contributed by atoms with van der Waals surface area (Å²) in [5, 5.41) is 9.23. The van der Waals surface area contributed by atoms with E-state index < -0.39 is 33.8 Å². The van der Waals surface area contributed by atoms with Crippen LogP contribution in [-0.2, 0) is 14.8 Å². The maximum Gasteiger partial charge on any atom is 0.304 e. The summed E-state index contributed by atoms with van der Waals surface area (Å²) >= 11 is 0.913. The van der Waals surface area contributed by atoms with Gasteiger partial charge in [0.15, 0.2) is 0 Å². The van der Waals surface area contributed by atoms with Gasteiger partial charge in [0, 0.05) is 5.92 Å².